The van der Waals surface area contributed by atoms with Gasteiger partial charge in [0, 0.05) is 17.2 Å². The quantitative estimate of drug-likeness (QED) is 0.298. The number of halogens is 6. The lowest BCUT2D eigenvalue weighted by Crippen LogP contribution is -2.40. The van der Waals surface area contributed by atoms with E-state index in [4.69, 9.17) is 0 Å². The summed E-state index contributed by atoms with van der Waals surface area (Å²) in [7, 11) is -2.70. The summed E-state index contributed by atoms with van der Waals surface area (Å²) in [6.45, 7) is 6.94. The summed E-state index contributed by atoms with van der Waals surface area (Å²) >= 11 is 0. The second kappa shape index (κ2) is 8.66. The second-order valence-corrected chi connectivity index (χ2v) is 12.9. The van der Waals surface area contributed by atoms with Gasteiger partial charge in [0.2, 0.25) is 0 Å². The van der Waals surface area contributed by atoms with Gasteiger partial charge in [-0.2, -0.15) is 17.6 Å². The van der Waals surface area contributed by atoms with Crippen molar-refractivity contribution in [2.24, 2.45) is 0 Å². The van der Waals surface area contributed by atoms with Gasteiger partial charge in [-0.3, -0.25) is 4.79 Å². The molecule has 2 aromatic rings. The first-order valence-electron chi connectivity index (χ1n) is 9.24. The van der Waals surface area contributed by atoms with E-state index in [2.05, 4.69) is 4.74 Å². The van der Waals surface area contributed by atoms with Crippen LogP contribution in [0, 0.1) is 11.6 Å². The fraction of sp³-hybridized carbons (Fsp3) is 0.381. The number of benzene rings is 2. The average Bonchev–Trinajstić information content (AvgIpc) is 2.60. The number of hydrogen-bond acceptors (Lipinski definition) is 3. The number of carbonyl (C=O) groups is 1. The van der Waals surface area contributed by atoms with E-state index in [1.807, 2.05) is 0 Å². The lowest BCUT2D eigenvalue weighted by Gasteiger charge is -2.35. The van der Waals surface area contributed by atoms with Gasteiger partial charge in [-0.05, 0) is 60.4 Å². The fourth-order valence-corrected chi connectivity index (χ4v) is 3.29. The molecule has 0 atom stereocenters. The molecule has 0 unspecified atom stereocenters. The van der Waals surface area contributed by atoms with Crippen molar-refractivity contribution in [3.8, 4) is 5.75 Å². The van der Waals surface area contributed by atoms with Gasteiger partial charge in [-0.15, -0.1) is 0 Å². The van der Waals surface area contributed by atoms with Crippen molar-refractivity contribution in [3.05, 3.63) is 64.7 Å². The first-order chi connectivity index (χ1) is 14.0. The maximum absolute atomic E-state index is 14.3. The molecule has 0 heterocycles. The lowest BCUT2D eigenvalue weighted by molar-refractivity contribution is -0.253. The zero-order chi connectivity index (χ0) is 23.8. The molecule has 0 amide bonds. The van der Waals surface area contributed by atoms with E-state index < -0.39 is 54.6 Å². The van der Waals surface area contributed by atoms with Crippen molar-refractivity contribution < 1.29 is 40.7 Å². The minimum Gasteiger partial charge on any atom is -0.432 e. The summed E-state index contributed by atoms with van der Waals surface area (Å²) in [5.41, 5.74) is -0.363. The van der Waals surface area contributed by atoms with Gasteiger partial charge < -0.3 is 9.53 Å². The Labute approximate surface area is 176 Å². The van der Waals surface area contributed by atoms with Crippen molar-refractivity contribution in [1.82, 2.24) is 0 Å². The first kappa shape index (κ1) is 24.9. The SMILES string of the molecule is CC(C)(Cc1cc(C(=O)c2cc(F)cc(OC(F)(F)C(F)F)c2)ccc1F)[Si](C)(C)O. The second-order valence-electron chi connectivity index (χ2n) is 8.40. The van der Waals surface area contributed by atoms with Gasteiger partial charge in [0.15, 0.2) is 14.1 Å². The molecule has 10 heteroatoms. The van der Waals surface area contributed by atoms with Crippen LogP contribution >= 0.6 is 0 Å². The van der Waals surface area contributed by atoms with Gasteiger partial charge in [-0.1, -0.05) is 13.8 Å². The van der Waals surface area contributed by atoms with Crippen molar-refractivity contribution >= 4 is 14.1 Å². The Balaban J connectivity index is 2.40. The zero-order valence-corrected chi connectivity index (χ0v) is 18.3. The van der Waals surface area contributed by atoms with Crippen LogP contribution in [0.15, 0.2) is 36.4 Å². The minimum atomic E-state index is -4.87. The molecule has 2 aromatic carbocycles. The van der Waals surface area contributed by atoms with E-state index in [0.717, 1.165) is 18.2 Å². The largest absolute Gasteiger partial charge is 0.461 e. The summed E-state index contributed by atoms with van der Waals surface area (Å²) in [6.07, 6.45) is -8.91. The molecule has 0 radical (unpaired) electrons. The highest BCUT2D eigenvalue weighted by Gasteiger charge is 2.44. The maximum Gasteiger partial charge on any atom is 0.461 e. The third-order valence-corrected chi connectivity index (χ3v) is 8.73. The third-order valence-electron chi connectivity index (χ3n) is 5.24. The average molecular weight is 464 g/mol. The molecular weight excluding hydrogens is 442 g/mol. The Hall–Kier alpha value is -2.33. The molecule has 31 heavy (non-hydrogen) atoms. The van der Waals surface area contributed by atoms with Crippen LogP contribution in [-0.2, 0) is 6.42 Å². The highest BCUT2D eigenvalue weighted by Crippen LogP contribution is 2.39. The summed E-state index contributed by atoms with van der Waals surface area (Å²) in [5, 5.41) is -0.643. The molecule has 0 spiro atoms. The topological polar surface area (TPSA) is 46.5 Å². The fourth-order valence-electron chi connectivity index (χ4n) is 2.66. The number of hydrogen-bond donors (Lipinski definition) is 1. The van der Waals surface area contributed by atoms with E-state index in [1.165, 1.54) is 6.07 Å². The molecule has 0 aliphatic rings. The van der Waals surface area contributed by atoms with E-state index in [9.17, 15) is 35.9 Å². The summed E-state index contributed by atoms with van der Waals surface area (Å²) in [6, 6.07) is 5.28. The van der Waals surface area contributed by atoms with Gasteiger partial charge in [-0.25, -0.2) is 8.78 Å². The van der Waals surface area contributed by atoms with Crippen LogP contribution in [0.25, 0.3) is 0 Å². The van der Waals surface area contributed by atoms with Gasteiger partial charge in [0.05, 0.1) is 0 Å². The third kappa shape index (κ3) is 5.88. The van der Waals surface area contributed by atoms with Gasteiger partial charge >= 0.3 is 12.5 Å². The van der Waals surface area contributed by atoms with Crippen LogP contribution in [0.1, 0.15) is 35.3 Å². The summed E-state index contributed by atoms with van der Waals surface area (Å²) in [4.78, 5) is 23.2. The predicted molar refractivity (Wildman–Crippen MR) is 105 cm³/mol. The van der Waals surface area contributed by atoms with Crippen molar-refractivity contribution in [1.29, 1.82) is 0 Å². The molecular formula is C21H22F6O3Si. The van der Waals surface area contributed by atoms with Crippen LogP contribution in [-0.4, -0.2) is 31.4 Å². The molecule has 0 aliphatic carbocycles. The predicted octanol–water partition coefficient (Wildman–Crippen LogP) is 5.95. The molecule has 0 aromatic heterocycles. The minimum absolute atomic E-state index is 0.0678. The number of carbonyl (C=O) groups excluding carboxylic acids is 1. The number of alkyl halides is 4. The van der Waals surface area contributed by atoms with Crippen molar-refractivity contribution in [2.75, 3.05) is 0 Å². The zero-order valence-electron chi connectivity index (χ0n) is 17.3. The van der Waals surface area contributed by atoms with Crippen LogP contribution in [0.3, 0.4) is 0 Å². The Morgan fingerprint density at radius 3 is 2.23 bits per heavy atom. The monoisotopic (exact) mass is 464 g/mol. The highest BCUT2D eigenvalue weighted by molar-refractivity contribution is 6.72. The molecule has 0 fully saturated rings. The Kier molecular flexibility index (Phi) is 6.96. The van der Waals surface area contributed by atoms with Gasteiger partial charge in [0.1, 0.15) is 17.4 Å². The first-order valence-corrected chi connectivity index (χ1v) is 12.2. The molecule has 0 saturated heterocycles. The molecule has 170 valence electrons. The van der Waals surface area contributed by atoms with Crippen molar-refractivity contribution in [3.63, 3.8) is 0 Å². The normalized spacial score (nSPS) is 12.9. The standard InChI is InChI=1S/C21H22F6O3Si/c1-20(2,31(3,4)29)11-14-7-12(5-6-17(14)23)18(28)13-8-15(22)10-16(9-13)30-21(26,27)19(24)25/h5-10,19,29H,11H2,1-4H3. The summed E-state index contributed by atoms with van der Waals surface area (Å²) < 4.78 is 83.0. The Morgan fingerprint density at radius 1 is 1.06 bits per heavy atom. The molecule has 1 N–H and O–H groups in total. The molecule has 3 nitrogen and oxygen atoms in total. The van der Waals surface area contributed by atoms with Crippen LogP contribution in [0.5, 0.6) is 5.75 Å². The van der Waals surface area contributed by atoms with E-state index >= 15 is 0 Å². The smallest absolute Gasteiger partial charge is 0.432 e. The number of rotatable bonds is 8. The van der Waals surface area contributed by atoms with Gasteiger partial charge in [0.25, 0.3) is 0 Å². The van der Waals surface area contributed by atoms with Crippen LogP contribution < -0.4 is 4.74 Å². The Morgan fingerprint density at radius 2 is 1.68 bits per heavy atom. The molecule has 2 rings (SSSR count). The van der Waals surface area contributed by atoms with Crippen LogP contribution in [0.2, 0.25) is 18.1 Å². The van der Waals surface area contributed by atoms with E-state index in [0.29, 0.717) is 12.1 Å². The molecule has 0 saturated carbocycles. The van der Waals surface area contributed by atoms with E-state index in [1.54, 1.807) is 26.9 Å². The lowest BCUT2D eigenvalue weighted by atomic mass is 9.96. The Bertz CT molecular complexity index is 970. The number of ketones is 1. The van der Waals surface area contributed by atoms with E-state index in [-0.39, 0.29) is 17.5 Å². The maximum atomic E-state index is 14.3. The number of ether oxygens (including phenoxy) is 1. The molecule has 0 bridgehead atoms. The summed E-state index contributed by atoms with van der Waals surface area (Å²) in [5.74, 6) is -3.56. The highest BCUT2D eigenvalue weighted by atomic mass is 28.4. The molecule has 0 aliphatic heterocycles. The van der Waals surface area contributed by atoms with Crippen LogP contribution in [0.4, 0.5) is 26.3 Å². The van der Waals surface area contributed by atoms with Crippen molar-refractivity contribution in [2.45, 2.75) is 50.9 Å².